The molecule has 0 spiro atoms. The molecule has 5 heteroatoms. The summed E-state index contributed by atoms with van der Waals surface area (Å²) in [6.07, 6.45) is 5.81. The molecule has 1 aromatic rings. The molecule has 1 fully saturated rings. The lowest BCUT2D eigenvalue weighted by Crippen LogP contribution is -2.32. The third-order valence-corrected chi connectivity index (χ3v) is 4.22. The van der Waals surface area contributed by atoms with E-state index in [0.717, 1.165) is 30.3 Å². The monoisotopic (exact) mass is 269 g/mol. The Labute approximate surface area is 113 Å². The summed E-state index contributed by atoms with van der Waals surface area (Å²) in [5.74, 6) is 1.49. The van der Waals surface area contributed by atoms with Crippen LogP contribution in [0.25, 0.3) is 0 Å². The molecule has 1 aromatic heterocycles. The maximum absolute atomic E-state index is 5.76. The minimum Gasteiger partial charge on any atom is -0.370 e. The number of rotatable bonds is 5. The molecular formula is C13H23N3OS. The first-order chi connectivity index (χ1) is 8.66. The summed E-state index contributed by atoms with van der Waals surface area (Å²) in [5.41, 5.74) is -0.230. The predicted octanol–water partition coefficient (Wildman–Crippen LogP) is 3.41. The van der Waals surface area contributed by atoms with Gasteiger partial charge in [0.15, 0.2) is 5.82 Å². The lowest BCUT2D eigenvalue weighted by atomic mass is 9.84. The van der Waals surface area contributed by atoms with Gasteiger partial charge in [0, 0.05) is 25.2 Å². The van der Waals surface area contributed by atoms with Gasteiger partial charge in [-0.1, -0.05) is 33.1 Å². The molecule has 0 aliphatic heterocycles. The van der Waals surface area contributed by atoms with E-state index in [-0.39, 0.29) is 5.60 Å². The van der Waals surface area contributed by atoms with Crippen LogP contribution < -0.4 is 5.32 Å². The predicted molar refractivity (Wildman–Crippen MR) is 75.0 cm³/mol. The molecule has 0 amide bonds. The van der Waals surface area contributed by atoms with Gasteiger partial charge < -0.3 is 10.1 Å². The zero-order chi connectivity index (χ0) is 13.0. The number of ether oxygens (including phenoxy) is 1. The number of hydrogen-bond donors (Lipinski definition) is 1. The van der Waals surface area contributed by atoms with E-state index in [4.69, 9.17) is 4.74 Å². The van der Waals surface area contributed by atoms with Crippen molar-refractivity contribution in [3.8, 4) is 0 Å². The van der Waals surface area contributed by atoms with Gasteiger partial charge in [-0.05, 0) is 18.8 Å². The second-order valence-corrected chi connectivity index (χ2v) is 6.21. The molecule has 1 aliphatic carbocycles. The first-order valence-electron chi connectivity index (χ1n) is 6.79. The molecule has 102 valence electrons. The topological polar surface area (TPSA) is 47.0 Å². The zero-order valence-electron chi connectivity index (χ0n) is 11.5. The van der Waals surface area contributed by atoms with Crippen molar-refractivity contribution < 1.29 is 4.74 Å². The average molecular weight is 269 g/mol. The van der Waals surface area contributed by atoms with Gasteiger partial charge in [0.2, 0.25) is 5.13 Å². The third-order valence-electron chi connectivity index (χ3n) is 3.55. The average Bonchev–Trinajstić information content (AvgIpc) is 2.86. The van der Waals surface area contributed by atoms with Gasteiger partial charge in [0.25, 0.3) is 0 Å². The van der Waals surface area contributed by atoms with E-state index in [1.165, 1.54) is 30.8 Å². The molecule has 4 nitrogen and oxygen atoms in total. The highest BCUT2D eigenvalue weighted by Crippen LogP contribution is 2.39. The third kappa shape index (κ3) is 3.01. The summed E-state index contributed by atoms with van der Waals surface area (Å²) in [7, 11) is 1.79. The van der Waals surface area contributed by atoms with Crippen molar-refractivity contribution in [1.29, 1.82) is 0 Å². The Balaban J connectivity index is 2.07. The van der Waals surface area contributed by atoms with Crippen LogP contribution in [0.4, 0.5) is 5.13 Å². The van der Waals surface area contributed by atoms with Gasteiger partial charge in [0.05, 0.1) is 0 Å². The normalized spacial score (nSPS) is 19.1. The highest BCUT2D eigenvalue weighted by atomic mass is 32.1. The molecule has 0 unspecified atom stereocenters. The molecule has 1 heterocycles. The Kier molecular flexibility index (Phi) is 4.56. The van der Waals surface area contributed by atoms with Gasteiger partial charge in [-0.25, -0.2) is 4.98 Å². The fraction of sp³-hybridized carbons (Fsp3) is 0.846. The number of nitrogens with one attached hydrogen (secondary N) is 1. The minimum absolute atomic E-state index is 0.230. The number of methoxy groups -OCH3 is 1. The van der Waals surface area contributed by atoms with E-state index in [1.807, 2.05) is 0 Å². The molecule has 18 heavy (non-hydrogen) atoms. The van der Waals surface area contributed by atoms with E-state index >= 15 is 0 Å². The standard InChI is InChI=1S/C13H23N3OS/c1-10(2)9-14-12-15-11(16-18-12)13(17-3)7-5-4-6-8-13/h10H,4-9H2,1-3H3,(H,14,15,16). The Morgan fingerprint density at radius 1 is 1.33 bits per heavy atom. The quantitative estimate of drug-likeness (QED) is 0.890. The van der Waals surface area contributed by atoms with Gasteiger partial charge in [-0.15, -0.1) is 0 Å². The van der Waals surface area contributed by atoms with Crippen molar-refractivity contribution in [3.05, 3.63) is 5.82 Å². The lowest BCUT2D eigenvalue weighted by Gasteiger charge is -2.33. The van der Waals surface area contributed by atoms with Gasteiger partial charge in [-0.3, -0.25) is 0 Å². The Bertz CT molecular complexity index is 372. The van der Waals surface area contributed by atoms with Crippen LogP contribution in [-0.2, 0) is 10.3 Å². The van der Waals surface area contributed by atoms with Crippen LogP contribution in [0.3, 0.4) is 0 Å². The molecule has 0 saturated heterocycles. The van der Waals surface area contributed by atoms with E-state index in [1.54, 1.807) is 7.11 Å². The van der Waals surface area contributed by atoms with Gasteiger partial charge in [0.1, 0.15) is 5.60 Å². The Hall–Kier alpha value is -0.680. The minimum atomic E-state index is -0.230. The van der Waals surface area contributed by atoms with Gasteiger partial charge >= 0.3 is 0 Å². The summed E-state index contributed by atoms with van der Waals surface area (Å²) in [6.45, 7) is 5.31. The molecule has 2 rings (SSSR count). The van der Waals surface area contributed by atoms with Crippen molar-refractivity contribution >= 4 is 16.7 Å². The van der Waals surface area contributed by atoms with Crippen LogP contribution in [0.1, 0.15) is 51.8 Å². The summed E-state index contributed by atoms with van der Waals surface area (Å²) in [5, 5.41) is 4.25. The van der Waals surface area contributed by atoms with E-state index in [9.17, 15) is 0 Å². The first-order valence-corrected chi connectivity index (χ1v) is 7.57. The van der Waals surface area contributed by atoms with E-state index in [2.05, 4.69) is 28.5 Å². The second kappa shape index (κ2) is 5.97. The highest BCUT2D eigenvalue weighted by Gasteiger charge is 2.37. The van der Waals surface area contributed by atoms with Crippen molar-refractivity contribution in [2.45, 2.75) is 51.6 Å². The van der Waals surface area contributed by atoms with E-state index < -0.39 is 0 Å². The zero-order valence-corrected chi connectivity index (χ0v) is 12.3. The van der Waals surface area contributed by atoms with Crippen LogP contribution >= 0.6 is 11.5 Å². The molecule has 1 aliphatic rings. The smallest absolute Gasteiger partial charge is 0.202 e. The summed E-state index contributed by atoms with van der Waals surface area (Å²) < 4.78 is 10.3. The van der Waals surface area contributed by atoms with Crippen LogP contribution in [-0.4, -0.2) is 23.0 Å². The highest BCUT2D eigenvalue weighted by molar-refractivity contribution is 7.09. The van der Waals surface area contributed by atoms with Gasteiger partial charge in [-0.2, -0.15) is 4.37 Å². The maximum Gasteiger partial charge on any atom is 0.202 e. The lowest BCUT2D eigenvalue weighted by molar-refractivity contribution is -0.0505. The first kappa shape index (κ1) is 13.7. The van der Waals surface area contributed by atoms with E-state index in [0.29, 0.717) is 5.92 Å². The van der Waals surface area contributed by atoms with Crippen LogP contribution in [0, 0.1) is 5.92 Å². The molecule has 0 bridgehead atoms. The number of anilines is 1. The molecular weight excluding hydrogens is 246 g/mol. The second-order valence-electron chi connectivity index (χ2n) is 5.46. The Morgan fingerprint density at radius 2 is 2.06 bits per heavy atom. The van der Waals surface area contributed by atoms with Crippen LogP contribution in [0.15, 0.2) is 0 Å². The maximum atomic E-state index is 5.76. The SMILES string of the molecule is COC1(c2nsc(NCC(C)C)n2)CCCCC1. The number of nitrogens with zero attached hydrogens (tertiary/aromatic N) is 2. The van der Waals surface area contributed by atoms with Crippen molar-refractivity contribution in [1.82, 2.24) is 9.36 Å². The molecule has 1 saturated carbocycles. The summed E-state index contributed by atoms with van der Waals surface area (Å²) in [4.78, 5) is 4.62. The summed E-state index contributed by atoms with van der Waals surface area (Å²) in [6, 6.07) is 0. The molecule has 0 aromatic carbocycles. The number of aromatic nitrogens is 2. The molecule has 0 atom stereocenters. The fourth-order valence-corrected chi connectivity index (χ4v) is 3.07. The Morgan fingerprint density at radius 3 is 2.67 bits per heavy atom. The fourth-order valence-electron chi connectivity index (χ4n) is 2.41. The molecule has 1 N–H and O–H groups in total. The summed E-state index contributed by atoms with van der Waals surface area (Å²) >= 11 is 1.45. The van der Waals surface area contributed by atoms with Crippen molar-refractivity contribution in [3.63, 3.8) is 0 Å². The number of hydrogen-bond acceptors (Lipinski definition) is 5. The van der Waals surface area contributed by atoms with Crippen molar-refractivity contribution in [2.24, 2.45) is 5.92 Å². The van der Waals surface area contributed by atoms with Crippen molar-refractivity contribution in [2.75, 3.05) is 19.0 Å². The largest absolute Gasteiger partial charge is 0.370 e. The van der Waals surface area contributed by atoms with Crippen LogP contribution in [0.5, 0.6) is 0 Å². The molecule has 0 radical (unpaired) electrons. The van der Waals surface area contributed by atoms with Crippen LogP contribution in [0.2, 0.25) is 0 Å².